The van der Waals surface area contributed by atoms with Crippen LogP contribution < -0.4 is 11.1 Å². The number of sulfone groups is 1. The first-order valence-electron chi connectivity index (χ1n) is 15.1. The Bertz CT molecular complexity index is 2220. The fourth-order valence-corrected chi connectivity index (χ4v) is 6.89. The number of rotatable bonds is 7. The molecule has 4 aromatic heterocycles. The molecular formula is C34H32FN7O3S. The second-order valence-corrected chi connectivity index (χ2v) is 14.1. The van der Waals surface area contributed by atoms with Gasteiger partial charge in [0.2, 0.25) is 5.91 Å². The van der Waals surface area contributed by atoms with Gasteiger partial charge in [0, 0.05) is 52.0 Å². The van der Waals surface area contributed by atoms with Gasteiger partial charge in [0.25, 0.3) is 0 Å². The monoisotopic (exact) mass is 637 g/mol. The fraction of sp³-hybridized carbons (Fsp3) is 0.235. The Labute approximate surface area is 264 Å². The van der Waals surface area contributed by atoms with Gasteiger partial charge in [-0.25, -0.2) is 17.8 Å². The Morgan fingerprint density at radius 1 is 0.978 bits per heavy atom. The van der Waals surface area contributed by atoms with Gasteiger partial charge in [0.15, 0.2) is 15.5 Å². The van der Waals surface area contributed by atoms with Crippen LogP contribution in [0.5, 0.6) is 0 Å². The van der Waals surface area contributed by atoms with E-state index in [0.29, 0.717) is 28.2 Å². The molecule has 46 heavy (non-hydrogen) atoms. The first-order chi connectivity index (χ1) is 22.1. The van der Waals surface area contributed by atoms with Crippen molar-refractivity contribution in [3.05, 3.63) is 84.6 Å². The van der Waals surface area contributed by atoms with Crippen LogP contribution in [0.4, 0.5) is 10.1 Å². The zero-order chi connectivity index (χ0) is 32.0. The third kappa shape index (κ3) is 5.77. The molecule has 1 amide bonds. The van der Waals surface area contributed by atoms with Gasteiger partial charge in [-0.3, -0.25) is 14.9 Å². The molecule has 1 saturated carbocycles. The number of benzene rings is 2. The predicted molar refractivity (Wildman–Crippen MR) is 177 cm³/mol. The summed E-state index contributed by atoms with van der Waals surface area (Å²) in [5.41, 5.74) is 12.3. The number of aromatic amines is 2. The minimum Gasteiger partial charge on any atom is -0.353 e. The van der Waals surface area contributed by atoms with Crippen molar-refractivity contribution in [1.29, 1.82) is 0 Å². The smallest absolute Gasteiger partial charge is 0.227 e. The Kier molecular flexibility index (Phi) is 7.61. The van der Waals surface area contributed by atoms with Crippen molar-refractivity contribution < 1.29 is 17.6 Å². The van der Waals surface area contributed by atoms with E-state index in [-0.39, 0.29) is 17.4 Å². The number of fused-ring (bicyclic) bond motifs is 2. The number of nitrogens with two attached hydrogens (primary N) is 1. The van der Waals surface area contributed by atoms with Crippen LogP contribution in [0.15, 0.2) is 73.2 Å². The van der Waals surface area contributed by atoms with E-state index >= 15 is 0 Å². The van der Waals surface area contributed by atoms with Crippen LogP contribution in [0.3, 0.4) is 0 Å². The van der Waals surface area contributed by atoms with E-state index in [2.05, 4.69) is 30.5 Å². The zero-order valence-electron chi connectivity index (χ0n) is 25.0. The molecule has 0 aliphatic heterocycles. The van der Waals surface area contributed by atoms with Crippen molar-refractivity contribution in [3.63, 3.8) is 0 Å². The first kappa shape index (κ1) is 29.8. The second kappa shape index (κ2) is 11.8. The zero-order valence-corrected chi connectivity index (χ0v) is 25.9. The van der Waals surface area contributed by atoms with Crippen molar-refractivity contribution in [1.82, 2.24) is 25.1 Å². The summed E-state index contributed by atoms with van der Waals surface area (Å²) >= 11 is 0. The van der Waals surface area contributed by atoms with Crippen molar-refractivity contribution in [2.24, 2.45) is 11.7 Å². The van der Waals surface area contributed by atoms with Crippen molar-refractivity contribution in [2.75, 3.05) is 11.6 Å². The molecule has 1 atom stereocenters. The molecule has 5 N–H and O–H groups in total. The minimum absolute atomic E-state index is 0.0359. The Balaban J connectivity index is 1.23. The fourth-order valence-electron chi connectivity index (χ4n) is 6.26. The van der Waals surface area contributed by atoms with Crippen LogP contribution in [0.25, 0.3) is 55.6 Å². The van der Waals surface area contributed by atoms with Crippen LogP contribution in [-0.4, -0.2) is 45.7 Å². The standard InChI is InChI=1S/C34H32FN7O3S/c1-46(44,45)32(36)21-10-20(11-24(35)12-21)26-8-5-9-29-27(26)15-30(40-29)31-28-14-23(17-38-33(28)42-41-31)22-13-25(18-37-16-22)39-34(43)19-6-3-2-4-7-19/h5,8-19,32,40H,2-4,6-7,36H2,1H3,(H,39,43)(H,38,41,42). The number of anilines is 1. The van der Waals surface area contributed by atoms with Crippen molar-refractivity contribution in [2.45, 2.75) is 37.5 Å². The lowest BCUT2D eigenvalue weighted by Gasteiger charge is -2.20. The summed E-state index contributed by atoms with van der Waals surface area (Å²) in [6.07, 6.45) is 11.3. The highest BCUT2D eigenvalue weighted by atomic mass is 32.2. The quantitative estimate of drug-likeness (QED) is 0.156. The maximum absolute atomic E-state index is 14.7. The first-order valence-corrected chi connectivity index (χ1v) is 17.1. The van der Waals surface area contributed by atoms with Crippen LogP contribution in [0, 0.1) is 11.7 Å². The number of hydrogen-bond donors (Lipinski definition) is 4. The molecule has 1 aliphatic carbocycles. The molecule has 1 aliphatic rings. The van der Waals surface area contributed by atoms with Gasteiger partial charge >= 0.3 is 0 Å². The molecule has 1 unspecified atom stereocenters. The summed E-state index contributed by atoms with van der Waals surface area (Å²) in [6.45, 7) is 0. The van der Waals surface area contributed by atoms with Gasteiger partial charge in [-0.1, -0.05) is 31.4 Å². The van der Waals surface area contributed by atoms with Crippen LogP contribution in [0.1, 0.15) is 43.0 Å². The Morgan fingerprint density at radius 2 is 1.78 bits per heavy atom. The van der Waals surface area contributed by atoms with Crippen molar-refractivity contribution in [3.8, 4) is 33.6 Å². The largest absolute Gasteiger partial charge is 0.353 e. The van der Waals surface area contributed by atoms with Gasteiger partial charge in [0.1, 0.15) is 11.2 Å². The topological polar surface area (TPSA) is 160 Å². The highest BCUT2D eigenvalue weighted by Gasteiger charge is 2.22. The van der Waals surface area contributed by atoms with Crippen molar-refractivity contribution >= 4 is 43.4 Å². The molecule has 234 valence electrons. The van der Waals surface area contributed by atoms with E-state index in [1.54, 1.807) is 24.7 Å². The van der Waals surface area contributed by atoms with E-state index in [4.69, 9.17) is 5.73 Å². The number of amides is 1. The highest BCUT2D eigenvalue weighted by molar-refractivity contribution is 7.90. The summed E-state index contributed by atoms with van der Waals surface area (Å²) in [7, 11) is -3.63. The molecule has 10 nitrogen and oxygen atoms in total. The number of halogens is 1. The molecule has 0 radical (unpaired) electrons. The molecule has 12 heteroatoms. The third-order valence-corrected chi connectivity index (χ3v) is 9.87. The lowest BCUT2D eigenvalue weighted by atomic mass is 9.88. The normalized spacial score (nSPS) is 14.9. The van der Waals surface area contributed by atoms with E-state index in [0.717, 1.165) is 71.1 Å². The van der Waals surface area contributed by atoms with Crippen LogP contribution >= 0.6 is 0 Å². The maximum atomic E-state index is 14.7. The molecular weight excluding hydrogens is 605 g/mol. The molecule has 1 fully saturated rings. The Hall–Kier alpha value is -4.94. The van der Waals surface area contributed by atoms with E-state index < -0.39 is 21.0 Å². The number of carbonyl (C=O) groups is 1. The number of aromatic nitrogens is 5. The number of H-pyrrole nitrogens is 2. The molecule has 0 spiro atoms. The summed E-state index contributed by atoms with van der Waals surface area (Å²) in [6, 6.07) is 15.5. The summed E-state index contributed by atoms with van der Waals surface area (Å²) in [5.74, 6) is -0.506. The van der Waals surface area contributed by atoms with Gasteiger partial charge in [-0.2, -0.15) is 5.10 Å². The van der Waals surface area contributed by atoms with E-state index in [9.17, 15) is 17.6 Å². The Morgan fingerprint density at radius 3 is 2.59 bits per heavy atom. The SMILES string of the molecule is CS(=O)(=O)C(N)c1cc(F)cc(-c2cccc3[nH]c(-c4[nH]nc5ncc(-c6cncc(NC(=O)C7CCCCC7)c6)cc45)cc23)c1. The van der Waals surface area contributed by atoms with Crippen LogP contribution in [0.2, 0.25) is 0 Å². The number of hydrogen-bond acceptors (Lipinski definition) is 7. The molecule has 6 aromatic rings. The average Bonchev–Trinajstić information content (AvgIpc) is 3.68. The summed E-state index contributed by atoms with van der Waals surface area (Å²) in [4.78, 5) is 25.2. The molecule has 0 saturated heterocycles. The lowest BCUT2D eigenvalue weighted by Crippen LogP contribution is -2.24. The van der Waals surface area contributed by atoms with Crippen LogP contribution in [-0.2, 0) is 14.6 Å². The van der Waals surface area contributed by atoms with Gasteiger partial charge < -0.3 is 16.0 Å². The molecule has 2 aromatic carbocycles. The number of nitrogens with one attached hydrogen (secondary N) is 3. The molecule has 4 heterocycles. The summed E-state index contributed by atoms with van der Waals surface area (Å²) < 4.78 is 38.9. The maximum Gasteiger partial charge on any atom is 0.227 e. The number of nitrogens with zero attached hydrogens (tertiary/aromatic N) is 3. The molecule has 0 bridgehead atoms. The second-order valence-electron chi connectivity index (χ2n) is 12.0. The van der Waals surface area contributed by atoms with Gasteiger partial charge in [0.05, 0.1) is 23.3 Å². The predicted octanol–water partition coefficient (Wildman–Crippen LogP) is 6.50. The number of carbonyl (C=O) groups excluding carboxylic acids is 1. The molecule has 7 rings (SSSR count). The minimum atomic E-state index is -3.63. The van der Waals surface area contributed by atoms with Gasteiger partial charge in [-0.15, -0.1) is 0 Å². The average molecular weight is 638 g/mol. The lowest BCUT2D eigenvalue weighted by molar-refractivity contribution is -0.120. The highest BCUT2D eigenvalue weighted by Crippen LogP contribution is 2.36. The third-order valence-electron chi connectivity index (χ3n) is 8.68. The summed E-state index contributed by atoms with van der Waals surface area (Å²) in [5, 5.41) is 10.8. The van der Waals surface area contributed by atoms with E-state index in [1.165, 1.54) is 12.5 Å². The van der Waals surface area contributed by atoms with E-state index in [1.807, 2.05) is 36.4 Å². The number of pyridine rings is 2. The van der Waals surface area contributed by atoms with Gasteiger partial charge in [-0.05, 0) is 72.0 Å².